The number of imidazole rings is 1. The molecule has 0 saturated heterocycles. The highest BCUT2D eigenvalue weighted by atomic mass is 35.5. The zero-order valence-electron chi connectivity index (χ0n) is 18.7. The van der Waals surface area contributed by atoms with Crippen LogP contribution in [0.1, 0.15) is 32.7 Å². The third kappa shape index (κ3) is 4.54. The standard InChI is InChI=1S/C25H23ClFN5O2/c1-14(2)32-12-20(29-13-32)15-3-6-17-19(11-15)28-10-9-21(17)34-22-8-7-18(23(26)24(22)27)31-25(33)30-16-4-5-16/h3,6-14,16H,4-5H2,1-2H3,(H2,30,31,33). The molecular weight excluding hydrogens is 457 g/mol. The maximum Gasteiger partial charge on any atom is 0.319 e. The third-order valence-corrected chi connectivity index (χ3v) is 5.99. The molecule has 0 bridgehead atoms. The number of benzene rings is 2. The van der Waals surface area contributed by atoms with Crippen LogP contribution in [-0.2, 0) is 0 Å². The summed E-state index contributed by atoms with van der Waals surface area (Å²) in [6.07, 6.45) is 7.30. The fraction of sp³-hybridized carbons (Fsp3) is 0.240. The van der Waals surface area contributed by atoms with Crippen molar-refractivity contribution in [3.8, 4) is 22.8 Å². The van der Waals surface area contributed by atoms with Gasteiger partial charge in [0.2, 0.25) is 0 Å². The Balaban J connectivity index is 1.39. The average Bonchev–Trinajstić information content (AvgIpc) is 3.48. The van der Waals surface area contributed by atoms with E-state index in [0.717, 1.165) is 29.5 Å². The molecule has 2 N–H and O–H groups in total. The monoisotopic (exact) mass is 479 g/mol. The van der Waals surface area contributed by atoms with Crippen LogP contribution in [0.5, 0.6) is 11.5 Å². The van der Waals surface area contributed by atoms with Crippen molar-refractivity contribution >= 4 is 34.2 Å². The fourth-order valence-corrected chi connectivity index (χ4v) is 3.74. The molecule has 1 aliphatic rings. The van der Waals surface area contributed by atoms with Crippen molar-refractivity contribution in [2.45, 2.75) is 38.8 Å². The summed E-state index contributed by atoms with van der Waals surface area (Å²) in [6, 6.07) is 10.4. The number of hydrogen-bond donors (Lipinski definition) is 2. The van der Waals surface area contributed by atoms with Crippen LogP contribution in [0.4, 0.5) is 14.9 Å². The summed E-state index contributed by atoms with van der Waals surface area (Å²) >= 11 is 6.17. The van der Waals surface area contributed by atoms with Crippen molar-refractivity contribution in [1.82, 2.24) is 19.9 Å². The lowest BCUT2D eigenvalue weighted by Crippen LogP contribution is -2.30. The summed E-state index contributed by atoms with van der Waals surface area (Å²) in [6.45, 7) is 4.18. The Labute approximate surface area is 200 Å². The minimum Gasteiger partial charge on any atom is -0.453 e. The van der Waals surface area contributed by atoms with Gasteiger partial charge in [0.15, 0.2) is 11.6 Å². The first-order chi connectivity index (χ1) is 16.4. The molecule has 5 rings (SSSR count). The third-order valence-electron chi connectivity index (χ3n) is 5.62. The largest absolute Gasteiger partial charge is 0.453 e. The number of urea groups is 1. The molecular formula is C25H23ClFN5O2. The summed E-state index contributed by atoms with van der Waals surface area (Å²) in [4.78, 5) is 20.9. The molecule has 2 heterocycles. The normalized spacial score (nSPS) is 13.3. The van der Waals surface area contributed by atoms with Gasteiger partial charge in [-0.2, -0.15) is 0 Å². The first kappa shape index (κ1) is 22.2. The van der Waals surface area contributed by atoms with Gasteiger partial charge in [-0.05, 0) is 57.0 Å². The number of ether oxygens (including phenoxy) is 1. The molecule has 0 spiro atoms. The van der Waals surface area contributed by atoms with E-state index < -0.39 is 11.8 Å². The molecule has 2 aromatic heterocycles. The van der Waals surface area contributed by atoms with Crippen molar-refractivity contribution in [2.75, 3.05) is 5.32 Å². The molecule has 0 unspecified atom stereocenters. The maximum atomic E-state index is 15.0. The first-order valence-electron chi connectivity index (χ1n) is 11.0. The number of fused-ring (bicyclic) bond motifs is 1. The van der Waals surface area contributed by atoms with Gasteiger partial charge < -0.3 is 19.9 Å². The van der Waals surface area contributed by atoms with E-state index in [9.17, 15) is 9.18 Å². The molecule has 1 saturated carbocycles. The number of amides is 2. The van der Waals surface area contributed by atoms with E-state index in [1.807, 2.05) is 29.0 Å². The van der Waals surface area contributed by atoms with Gasteiger partial charge in [-0.25, -0.2) is 14.2 Å². The summed E-state index contributed by atoms with van der Waals surface area (Å²) in [5.41, 5.74) is 2.63. The van der Waals surface area contributed by atoms with Crippen molar-refractivity contribution in [1.29, 1.82) is 0 Å². The highest BCUT2D eigenvalue weighted by Crippen LogP contribution is 2.37. The molecule has 174 valence electrons. The summed E-state index contributed by atoms with van der Waals surface area (Å²) in [5, 5.41) is 5.85. The Kier molecular flexibility index (Phi) is 5.83. The second-order valence-electron chi connectivity index (χ2n) is 8.55. The van der Waals surface area contributed by atoms with E-state index in [0.29, 0.717) is 17.3 Å². The molecule has 0 aliphatic heterocycles. The van der Waals surface area contributed by atoms with Gasteiger partial charge in [0.05, 0.1) is 23.2 Å². The highest BCUT2D eigenvalue weighted by molar-refractivity contribution is 6.34. The number of halogens is 2. The van der Waals surface area contributed by atoms with Gasteiger partial charge in [0, 0.05) is 35.4 Å². The molecule has 4 aromatic rings. The van der Waals surface area contributed by atoms with Crippen molar-refractivity contribution in [3.05, 3.63) is 66.0 Å². The van der Waals surface area contributed by atoms with Crippen LogP contribution in [0.3, 0.4) is 0 Å². The number of aromatic nitrogens is 3. The van der Waals surface area contributed by atoms with Crippen molar-refractivity contribution < 1.29 is 13.9 Å². The van der Waals surface area contributed by atoms with Gasteiger partial charge in [-0.15, -0.1) is 0 Å². The predicted octanol–water partition coefficient (Wildman–Crippen LogP) is 6.55. The van der Waals surface area contributed by atoms with Crippen LogP contribution in [0.15, 0.2) is 55.1 Å². The van der Waals surface area contributed by atoms with E-state index in [2.05, 4.69) is 34.4 Å². The Morgan fingerprint density at radius 2 is 2.00 bits per heavy atom. The lowest BCUT2D eigenvalue weighted by atomic mass is 10.1. The van der Waals surface area contributed by atoms with E-state index in [-0.39, 0.29) is 22.5 Å². The van der Waals surface area contributed by atoms with Gasteiger partial charge >= 0.3 is 6.03 Å². The molecule has 0 radical (unpaired) electrons. The second kappa shape index (κ2) is 8.95. The van der Waals surface area contributed by atoms with Crippen molar-refractivity contribution in [2.24, 2.45) is 0 Å². The van der Waals surface area contributed by atoms with Crippen molar-refractivity contribution in [3.63, 3.8) is 0 Å². The Bertz CT molecular complexity index is 1380. The van der Waals surface area contributed by atoms with Crippen LogP contribution in [0, 0.1) is 5.82 Å². The number of pyridine rings is 1. The molecule has 7 nitrogen and oxygen atoms in total. The lowest BCUT2D eigenvalue weighted by molar-refractivity contribution is 0.251. The predicted molar refractivity (Wildman–Crippen MR) is 130 cm³/mol. The number of hydrogen-bond acceptors (Lipinski definition) is 4. The summed E-state index contributed by atoms with van der Waals surface area (Å²) in [7, 11) is 0. The SMILES string of the molecule is CC(C)n1cnc(-c2ccc3c(Oc4ccc(NC(=O)NC5CC5)c(Cl)c4F)ccnc3c2)c1. The minimum atomic E-state index is -0.758. The van der Waals surface area contributed by atoms with Gasteiger partial charge in [0.1, 0.15) is 10.8 Å². The topological polar surface area (TPSA) is 81.1 Å². The van der Waals surface area contributed by atoms with Gasteiger partial charge in [-0.3, -0.25) is 4.98 Å². The zero-order chi connectivity index (χ0) is 23.8. The molecule has 1 aliphatic carbocycles. The van der Waals surface area contributed by atoms with Gasteiger partial charge in [-0.1, -0.05) is 17.7 Å². The number of carbonyl (C=O) groups is 1. The highest BCUT2D eigenvalue weighted by Gasteiger charge is 2.24. The van der Waals surface area contributed by atoms with E-state index in [1.54, 1.807) is 18.6 Å². The number of nitrogens with one attached hydrogen (secondary N) is 2. The Morgan fingerprint density at radius 3 is 2.74 bits per heavy atom. The quantitative estimate of drug-likeness (QED) is 0.328. The Morgan fingerprint density at radius 1 is 1.18 bits per heavy atom. The average molecular weight is 480 g/mol. The number of rotatable bonds is 6. The number of nitrogens with zero attached hydrogens (tertiary/aromatic N) is 3. The van der Waals surface area contributed by atoms with Crippen LogP contribution in [-0.4, -0.2) is 26.6 Å². The molecule has 2 amide bonds. The smallest absolute Gasteiger partial charge is 0.319 e. The lowest BCUT2D eigenvalue weighted by Gasteiger charge is -2.13. The summed E-state index contributed by atoms with van der Waals surface area (Å²) in [5.74, 6) is -0.372. The second-order valence-corrected chi connectivity index (χ2v) is 8.93. The Hall–Kier alpha value is -3.65. The first-order valence-corrected chi connectivity index (χ1v) is 11.4. The number of carbonyl (C=O) groups excluding carboxylic acids is 1. The van der Waals surface area contributed by atoms with Crippen LogP contribution < -0.4 is 15.4 Å². The van der Waals surface area contributed by atoms with E-state index in [4.69, 9.17) is 16.3 Å². The number of anilines is 1. The van der Waals surface area contributed by atoms with Gasteiger partial charge in [0.25, 0.3) is 0 Å². The molecule has 2 aromatic carbocycles. The fourth-order valence-electron chi connectivity index (χ4n) is 3.54. The molecule has 1 fully saturated rings. The molecule has 0 atom stereocenters. The maximum absolute atomic E-state index is 15.0. The van der Waals surface area contributed by atoms with Crippen LogP contribution in [0.2, 0.25) is 5.02 Å². The van der Waals surface area contributed by atoms with E-state index >= 15 is 0 Å². The zero-order valence-corrected chi connectivity index (χ0v) is 19.4. The molecule has 9 heteroatoms. The summed E-state index contributed by atoms with van der Waals surface area (Å²) < 4.78 is 22.9. The minimum absolute atomic E-state index is 0.0506. The molecule has 34 heavy (non-hydrogen) atoms. The van der Waals surface area contributed by atoms with Crippen LogP contribution in [0.25, 0.3) is 22.2 Å². The van der Waals surface area contributed by atoms with Crippen LogP contribution >= 0.6 is 11.6 Å². The van der Waals surface area contributed by atoms with E-state index in [1.165, 1.54) is 12.1 Å².